The van der Waals surface area contributed by atoms with Gasteiger partial charge in [0.2, 0.25) is 5.91 Å². The van der Waals surface area contributed by atoms with Gasteiger partial charge >= 0.3 is 0 Å². The van der Waals surface area contributed by atoms with Gasteiger partial charge in [0.25, 0.3) is 0 Å². The SMILES string of the molecule is CC(N)C(C)C(=O)N1CCCC(Cn2cncn2)C1.Cl.Cl. The lowest BCUT2D eigenvalue weighted by atomic mass is 9.95. The van der Waals surface area contributed by atoms with Crippen LogP contribution in [-0.4, -0.2) is 44.7 Å². The molecule has 6 nitrogen and oxygen atoms in total. The highest BCUT2D eigenvalue weighted by Gasteiger charge is 2.28. The molecule has 0 radical (unpaired) electrons. The first-order valence-corrected chi connectivity index (χ1v) is 6.94. The van der Waals surface area contributed by atoms with Crippen LogP contribution in [0.4, 0.5) is 0 Å². The summed E-state index contributed by atoms with van der Waals surface area (Å²) >= 11 is 0. The van der Waals surface area contributed by atoms with Crippen LogP contribution in [0.3, 0.4) is 0 Å². The molecule has 0 aliphatic carbocycles. The van der Waals surface area contributed by atoms with Gasteiger partial charge in [-0.3, -0.25) is 9.48 Å². The number of rotatable bonds is 4. The molecular weight excluding hydrogens is 313 g/mol. The first-order valence-electron chi connectivity index (χ1n) is 6.94. The summed E-state index contributed by atoms with van der Waals surface area (Å²) in [7, 11) is 0. The number of halogens is 2. The van der Waals surface area contributed by atoms with E-state index in [-0.39, 0.29) is 42.7 Å². The average molecular weight is 338 g/mol. The maximum atomic E-state index is 12.3. The Bertz CT molecular complexity index is 413. The van der Waals surface area contributed by atoms with Gasteiger partial charge in [0.05, 0.1) is 5.92 Å². The Morgan fingerprint density at radius 1 is 1.43 bits per heavy atom. The Morgan fingerprint density at radius 2 is 2.14 bits per heavy atom. The second-order valence-electron chi connectivity index (χ2n) is 5.56. The topological polar surface area (TPSA) is 77.0 Å². The lowest BCUT2D eigenvalue weighted by Crippen LogP contribution is -2.46. The molecule has 1 aliphatic heterocycles. The first-order chi connectivity index (χ1) is 9.08. The summed E-state index contributed by atoms with van der Waals surface area (Å²) in [6.45, 7) is 6.28. The van der Waals surface area contributed by atoms with Gasteiger partial charge in [-0.05, 0) is 25.7 Å². The van der Waals surface area contributed by atoms with Crippen molar-refractivity contribution in [3.05, 3.63) is 12.7 Å². The summed E-state index contributed by atoms with van der Waals surface area (Å²) < 4.78 is 1.84. The zero-order valence-corrected chi connectivity index (χ0v) is 14.1. The van der Waals surface area contributed by atoms with Crippen LogP contribution in [0.5, 0.6) is 0 Å². The van der Waals surface area contributed by atoms with E-state index in [9.17, 15) is 4.79 Å². The van der Waals surface area contributed by atoms with Crippen molar-refractivity contribution < 1.29 is 4.79 Å². The fourth-order valence-electron chi connectivity index (χ4n) is 2.52. The molecule has 2 heterocycles. The second-order valence-corrected chi connectivity index (χ2v) is 5.56. The predicted octanol–water partition coefficient (Wildman–Crippen LogP) is 1.34. The van der Waals surface area contributed by atoms with Crippen molar-refractivity contribution in [3.63, 3.8) is 0 Å². The molecule has 1 fully saturated rings. The molecule has 0 bridgehead atoms. The lowest BCUT2D eigenvalue weighted by molar-refractivity contribution is -0.137. The normalized spacial score (nSPS) is 20.9. The Kier molecular flexibility index (Phi) is 8.85. The second kappa shape index (κ2) is 9.23. The van der Waals surface area contributed by atoms with E-state index in [1.165, 1.54) is 0 Å². The van der Waals surface area contributed by atoms with E-state index in [4.69, 9.17) is 5.73 Å². The van der Waals surface area contributed by atoms with E-state index in [1.807, 2.05) is 23.4 Å². The first kappa shape index (κ1) is 20.1. The summed E-state index contributed by atoms with van der Waals surface area (Å²) in [6, 6.07) is -0.0943. The number of aromatic nitrogens is 3. The number of piperidine rings is 1. The Morgan fingerprint density at radius 3 is 2.71 bits per heavy atom. The third-order valence-corrected chi connectivity index (χ3v) is 3.92. The molecule has 0 aromatic carbocycles. The number of carbonyl (C=O) groups excluding carboxylic acids is 1. The van der Waals surface area contributed by atoms with Gasteiger partial charge in [0, 0.05) is 25.7 Å². The molecule has 122 valence electrons. The highest BCUT2D eigenvalue weighted by Crippen LogP contribution is 2.20. The van der Waals surface area contributed by atoms with Crippen LogP contribution in [0, 0.1) is 11.8 Å². The van der Waals surface area contributed by atoms with Crippen molar-refractivity contribution in [2.24, 2.45) is 17.6 Å². The predicted molar refractivity (Wildman–Crippen MR) is 86.6 cm³/mol. The fraction of sp³-hybridized carbons (Fsp3) is 0.769. The van der Waals surface area contributed by atoms with Crippen LogP contribution in [0.15, 0.2) is 12.7 Å². The minimum Gasteiger partial charge on any atom is -0.342 e. The molecule has 1 aromatic heterocycles. The average Bonchev–Trinajstić information content (AvgIpc) is 2.90. The minimum absolute atomic E-state index is 0. The summed E-state index contributed by atoms with van der Waals surface area (Å²) in [5.41, 5.74) is 5.82. The summed E-state index contributed by atoms with van der Waals surface area (Å²) in [5, 5.41) is 4.13. The molecular formula is C13H25Cl2N5O. The summed E-state index contributed by atoms with van der Waals surface area (Å²) in [5.74, 6) is 0.531. The highest BCUT2D eigenvalue weighted by atomic mass is 35.5. The van der Waals surface area contributed by atoms with Crippen LogP contribution in [-0.2, 0) is 11.3 Å². The summed E-state index contributed by atoms with van der Waals surface area (Å²) in [6.07, 6.45) is 5.46. The van der Waals surface area contributed by atoms with E-state index in [0.717, 1.165) is 32.5 Å². The van der Waals surface area contributed by atoms with E-state index in [0.29, 0.717) is 5.92 Å². The number of amides is 1. The van der Waals surface area contributed by atoms with Gasteiger partial charge < -0.3 is 10.6 Å². The van der Waals surface area contributed by atoms with E-state index in [2.05, 4.69) is 10.1 Å². The zero-order chi connectivity index (χ0) is 13.8. The molecule has 3 unspecified atom stereocenters. The number of hydrogen-bond acceptors (Lipinski definition) is 4. The van der Waals surface area contributed by atoms with Crippen molar-refractivity contribution in [3.8, 4) is 0 Å². The smallest absolute Gasteiger partial charge is 0.226 e. The molecule has 1 aliphatic rings. The molecule has 1 amide bonds. The van der Waals surface area contributed by atoms with E-state index >= 15 is 0 Å². The lowest BCUT2D eigenvalue weighted by Gasteiger charge is -2.35. The molecule has 8 heteroatoms. The van der Waals surface area contributed by atoms with Gasteiger partial charge in [-0.25, -0.2) is 4.98 Å². The molecule has 3 atom stereocenters. The maximum Gasteiger partial charge on any atom is 0.226 e. The monoisotopic (exact) mass is 337 g/mol. The Hall–Kier alpha value is -0.850. The van der Waals surface area contributed by atoms with Crippen LogP contribution < -0.4 is 5.73 Å². The summed E-state index contributed by atoms with van der Waals surface area (Å²) in [4.78, 5) is 18.2. The van der Waals surface area contributed by atoms with Gasteiger partial charge in [-0.15, -0.1) is 24.8 Å². The number of carbonyl (C=O) groups is 1. The van der Waals surface area contributed by atoms with Crippen molar-refractivity contribution in [2.75, 3.05) is 13.1 Å². The number of nitrogens with zero attached hydrogens (tertiary/aromatic N) is 4. The van der Waals surface area contributed by atoms with Gasteiger partial charge in [-0.1, -0.05) is 6.92 Å². The molecule has 0 saturated carbocycles. The quantitative estimate of drug-likeness (QED) is 0.899. The third-order valence-electron chi connectivity index (χ3n) is 3.92. The maximum absolute atomic E-state index is 12.3. The number of hydrogen-bond donors (Lipinski definition) is 1. The van der Waals surface area contributed by atoms with Gasteiger partial charge in [0.1, 0.15) is 12.7 Å². The van der Waals surface area contributed by atoms with Crippen LogP contribution in [0.1, 0.15) is 26.7 Å². The molecule has 2 N–H and O–H groups in total. The largest absolute Gasteiger partial charge is 0.342 e. The molecule has 1 saturated heterocycles. The van der Waals surface area contributed by atoms with Crippen LogP contribution in [0.2, 0.25) is 0 Å². The third kappa shape index (κ3) is 5.45. The van der Waals surface area contributed by atoms with Crippen molar-refractivity contribution in [1.82, 2.24) is 19.7 Å². The molecule has 2 rings (SSSR count). The van der Waals surface area contributed by atoms with Crippen LogP contribution in [0.25, 0.3) is 0 Å². The number of nitrogens with two attached hydrogens (primary N) is 1. The van der Waals surface area contributed by atoms with Crippen molar-refractivity contribution >= 4 is 30.7 Å². The number of likely N-dealkylation sites (tertiary alicyclic amines) is 1. The van der Waals surface area contributed by atoms with Crippen molar-refractivity contribution in [2.45, 2.75) is 39.3 Å². The van der Waals surface area contributed by atoms with E-state index in [1.54, 1.807) is 12.7 Å². The highest BCUT2D eigenvalue weighted by molar-refractivity contribution is 5.85. The van der Waals surface area contributed by atoms with Gasteiger partial charge in [0.15, 0.2) is 0 Å². The molecule has 0 spiro atoms. The Labute approximate surface area is 138 Å². The van der Waals surface area contributed by atoms with E-state index < -0.39 is 0 Å². The molecule has 21 heavy (non-hydrogen) atoms. The minimum atomic E-state index is -0.106. The Balaban J connectivity index is 0.00000200. The molecule has 1 aromatic rings. The van der Waals surface area contributed by atoms with Crippen LogP contribution >= 0.6 is 24.8 Å². The standard InChI is InChI=1S/C13H23N5O.2ClH/c1-10(11(2)14)13(19)17-5-3-4-12(6-17)7-18-9-15-8-16-18;;/h8-12H,3-7,14H2,1-2H3;2*1H. The van der Waals surface area contributed by atoms with Gasteiger partial charge in [-0.2, -0.15) is 5.10 Å². The van der Waals surface area contributed by atoms with Crippen molar-refractivity contribution in [1.29, 1.82) is 0 Å². The fourth-order valence-corrected chi connectivity index (χ4v) is 2.52. The zero-order valence-electron chi connectivity index (χ0n) is 12.5.